The van der Waals surface area contributed by atoms with Crippen molar-refractivity contribution in [2.75, 3.05) is 19.8 Å². The summed E-state index contributed by atoms with van der Waals surface area (Å²) in [4.78, 5) is 16.5. The average Bonchev–Trinajstić information content (AvgIpc) is 2.39. The molecule has 1 rings (SSSR count). The van der Waals surface area contributed by atoms with Gasteiger partial charge in [-0.3, -0.25) is 9.69 Å². The van der Waals surface area contributed by atoms with Crippen molar-refractivity contribution < 1.29 is 4.79 Å². The second kappa shape index (κ2) is 6.73. The molecule has 18 heavy (non-hydrogen) atoms. The maximum Gasteiger partial charge on any atom is 0.266 e. The first-order valence-corrected chi connectivity index (χ1v) is 6.90. The van der Waals surface area contributed by atoms with Crippen molar-refractivity contribution in [3.05, 3.63) is 0 Å². The lowest BCUT2D eigenvalue weighted by Crippen LogP contribution is -2.54. The topological polar surface area (TPSA) is 39.1 Å². The maximum absolute atomic E-state index is 12.3. The number of nitrogens with zero attached hydrogens (tertiary/aromatic N) is 4. The molecule has 0 spiro atoms. The van der Waals surface area contributed by atoms with Crippen molar-refractivity contribution >= 4 is 12.2 Å². The minimum absolute atomic E-state index is 0.0877. The zero-order chi connectivity index (χ0) is 13.7. The van der Waals surface area contributed by atoms with Crippen LogP contribution in [0.1, 0.15) is 41.0 Å². The lowest BCUT2D eigenvalue weighted by atomic mass is 10.1. The first-order chi connectivity index (χ1) is 8.54. The van der Waals surface area contributed by atoms with Crippen LogP contribution in [0, 0.1) is 0 Å². The number of amides is 1. The van der Waals surface area contributed by atoms with Gasteiger partial charge in [0, 0.05) is 6.04 Å². The van der Waals surface area contributed by atoms with Crippen molar-refractivity contribution in [2.24, 2.45) is 5.10 Å². The fourth-order valence-corrected chi connectivity index (χ4v) is 2.05. The highest BCUT2D eigenvalue weighted by Gasteiger charge is 2.31. The van der Waals surface area contributed by atoms with Gasteiger partial charge in [0.15, 0.2) is 0 Å². The number of hydrogen-bond acceptors (Lipinski definition) is 4. The molecule has 1 aliphatic heterocycles. The van der Waals surface area contributed by atoms with Crippen molar-refractivity contribution in [1.82, 2.24) is 14.8 Å². The lowest BCUT2D eigenvalue weighted by Gasteiger charge is -2.38. The van der Waals surface area contributed by atoms with Crippen LogP contribution in [0.25, 0.3) is 0 Å². The van der Waals surface area contributed by atoms with Gasteiger partial charge in [-0.2, -0.15) is 5.10 Å². The molecule has 104 valence electrons. The Balaban J connectivity index is 2.72. The molecule has 0 bridgehead atoms. The molecule has 0 aromatic heterocycles. The van der Waals surface area contributed by atoms with Crippen LogP contribution in [0.5, 0.6) is 0 Å². The van der Waals surface area contributed by atoms with Crippen LogP contribution in [-0.4, -0.2) is 58.9 Å². The SMILES string of the molecule is CCC(C)N1C=NN(CN(CC)CC)C(=O)C1C. The summed E-state index contributed by atoms with van der Waals surface area (Å²) in [6.07, 6.45) is 2.82. The molecule has 1 amide bonds. The van der Waals surface area contributed by atoms with E-state index in [9.17, 15) is 4.79 Å². The van der Waals surface area contributed by atoms with Crippen LogP contribution in [0.4, 0.5) is 0 Å². The number of rotatable bonds is 6. The normalized spacial score (nSPS) is 21.9. The van der Waals surface area contributed by atoms with E-state index in [4.69, 9.17) is 0 Å². The Kier molecular flexibility index (Phi) is 5.59. The number of carbonyl (C=O) groups excluding carboxylic acids is 1. The summed E-state index contributed by atoms with van der Waals surface area (Å²) in [5.41, 5.74) is 0. The Labute approximate surface area is 110 Å². The molecule has 5 nitrogen and oxygen atoms in total. The van der Waals surface area contributed by atoms with Gasteiger partial charge in [-0.25, -0.2) is 5.01 Å². The molecular formula is C13H26N4O. The van der Waals surface area contributed by atoms with E-state index in [2.05, 4.69) is 37.7 Å². The molecule has 0 radical (unpaired) electrons. The second-order valence-corrected chi connectivity index (χ2v) is 4.79. The molecule has 0 fully saturated rings. The molecule has 2 unspecified atom stereocenters. The van der Waals surface area contributed by atoms with Gasteiger partial charge >= 0.3 is 0 Å². The van der Waals surface area contributed by atoms with Crippen LogP contribution < -0.4 is 0 Å². The molecular weight excluding hydrogens is 228 g/mol. The standard InChI is InChI=1S/C13H26N4O/c1-6-11(4)16-9-14-17(13(18)12(16)5)10-15(7-2)8-3/h9,11-12H,6-8,10H2,1-5H3. The molecule has 0 aromatic rings. The molecule has 0 saturated heterocycles. The van der Waals surface area contributed by atoms with E-state index in [1.54, 1.807) is 5.01 Å². The van der Waals surface area contributed by atoms with E-state index in [1.807, 2.05) is 18.2 Å². The van der Waals surface area contributed by atoms with Crippen LogP contribution in [0.3, 0.4) is 0 Å². The van der Waals surface area contributed by atoms with Crippen LogP contribution in [-0.2, 0) is 4.79 Å². The molecule has 1 heterocycles. The molecule has 0 saturated carbocycles. The fourth-order valence-electron chi connectivity index (χ4n) is 2.05. The van der Waals surface area contributed by atoms with Gasteiger partial charge in [0.2, 0.25) is 0 Å². The summed E-state index contributed by atoms with van der Waals surface area (Å²) in [6.45, 7) is 12.8. The molecule has 5 heteroatoms. The molecule has 0 aromatic carbocycles. The highest BCUT2D eigenvalue weighted by Crippen LogP contribution is 2.14. The van der Waals surface area contributed by atoms with E-state index in [1.165, 1.54) is 0 Å². The van der Waals surface area contributed by atoms with Gasteiger partial charge in [0.05, 0.1) is 6.67 Å². The number of carbonyl (C=O) groups is 1. The van der Waals surface area contributed by atoms with Crippen molar-refractivity contribution in [3.8, 4) is 0 Å². The van der Waals surface area contributed by atoms with Crippen LogP contribution in [0.15, 0.2) is 5.10 Å². The lowest BCUT2D eigenvalue weighted by molar-refractivity contribution is -0.139. The third-order valence-electron chi connectivity index (χ3n) is 3.71. The minimum Gasteiger partial charge on any atom is -0.347 e. The van der Waals surface area contributed by atoms with E-state index in [-0.39, 0.29) is 11.9 Å². The number of hydrogen-bond donors (Lipinski definition) is 0. The summed E-state index contributed by atoms with van der Waals surface area (Å²) in [5.74, 6) is 0.0877. The minimum atomic E-state index is -0.118. The predicted octanol–water partition coefficient (Wildman–Crippen LogP) is 1.56. The summed E-state index contributed by atoms with van der Waals surface area (Å²) in [5, 5.41) is 5.87. The van der Waals surface area contributed by atoms with Crippen LogP contribution in [0.2, 0.25) is 0 Å². The number of hydrazone groups is 1. The molecule has 0 aliphatic carbocycles. The second-order valence-electron chi connectivity index (χ2n) is 4.79. The third-order valence-corrected chi connectivity index (χ3v) is 3.71. The van der Waals surface area contributed by atoms with E-state index >= 15 is 0 Å². The van der Waals surface area contributed by atoms with Crippen LogP contribution >= 0.6 is 0 Å². The summed E-state index contributed by atoms with van der Waals surface area (Å²) >= 11 is 0. The van der Waals surface area contributed by atoms with Gasteiger partial charge in [-0.1, -0.05) is 20.8 Å². The Morgan fingerprint density at radius 2 is 2.00 bits per heavy atom. The Bertz CT molecular complexity index is 301. The maximum atomic E-state index is 12.3. The van der Waals surface area contributed by atoms with Gasteiger partial charge < -0.3 is 4.90 Å². The molecule has 0 N–H and O–H groups in total. The summed E-state index contributed by atoms with van der Waals surface area (Å²) < 4.78 is 0. The summed E-state index contributed by atoms with van der Waals surface area (Å²) in [6, 6.07) is 0.233. The third kappa shape index (κ3) is 3.22. The molecule has 1 aliphatic rings. The average molecular weight is 254 g/mol. The molecule has 2 atom stereocenters. The largest absolute Gasteiger partial charge is 0.347 e. The Hall–Kier alpha value is -1.10. The highest BCUT2D eigenvalue weighted by atomic mass is 16.2. The Morgan fingerprint density at radius 1 is 1.39 bits per heavy atom. The van der Waals surface area contributed by atoms with Crippen molar-refractivity contribution in [2.45, 2.75) is 53.1 Å². The van der Waals surface area contributed by atoms with Crippen molar-refractivity contribution in [1.29, 1.82) is 0 Å². The van der Waals surface area contributed by atoms with E-state index in [0.29, 0.717) is 12.7 Å². The van der Waals surface area contributed by atoms with Gasteiger partial charge in [0.25, 0.3) is 5.91 Å². The monoisotopic (exact) mass is 254 g/mol. The van der Waals surface area contributed by atoms with E-state index < -0.39 is 0 Å². The quantitative estimate of drug-likeness (QED) is 0.722. The van der Waals surface area contributed by atoms with Gasteiger partial charge in [0.1, 0.15) is 12.4 Å². The van der Waals surface area contributed by atoms with Crippen molar-refractivity contribution in [3.63, 3.8) is 0 Å². The first kappa shape index (κ1) is 15.0. The zero-order valence-corrected chi connectivity index (χ0v) is 12.3. The van der Waals surface area contributed by atoms with Gasteiger partial charge in [-0.15, -0.1) is 0 Å². The summed E-state index contributed by atoms with van der Waals surface area (Å²) in [7, 11) is 0. The van der Waals surface area contributed by atoms with Gasteiger partial charge in [-0.05, 0) is 33.4 Å². The Morgan fingerprint density at radius 3 is 2.50 bits per heavy atom. The predicted molar refractivity (Wildman–Crippen MR) is 74.2 cm³/mol. The fraction of sp³-hybridized carbons (Fsp3) is 0.846. The zero-order valence-electron chi connectivity index (χ0n) is 12.3. The van der Waals surface area contributed by atoms with E-state index in [0.717, 1.165) is 19.5 Å². The highest BCUT2D eigenvalue weighted by molar-refractivity contribution is 5.86. The smallest absolute Gasteiger partial charge is 0.266 e. The first-order valence-electron chi connectivity index (χ1n) is 6.90.